The van der Waals surface area contributed by atoms with Crippen molar-refractivity contribution in [1.82, 2.24) is 30.6 Å². The molecule has 29 heavy (non-hydrogen) atoms. The van der Waals surface area contributed by atoms with Crippen LogP contribution in [-0.2, 0) is 0 Å². The lowest BCUT2D eigenvalue weighted by molar-refractivity contribution is 0.387. The fourth-order valence-electron chi connectivity index (χ4n) is 4.26. The second-order valence-corrected chi connectivity index (χ2v) is 7.96. The van der Waals surface area contributed by atoms with Crippen LogP contribution in [0.2, 0.25) is 0 Å². The summed E-state index contributed by atoms with van der Waals surface area (Å²) in [5, 5.41) is 8.03. The SMILES string of the molecule is Cc1cc(C)n(-c2cc(NC3NNC(c4ccc(F)cc4)C3C3CC3)ncn2)n1. The normalized spacial score (nSPS) is 24.0. The molecule has 3 atom stereocenters. The Balaban J connectivity index is 1.38. The van der Waals surface area contributed by atoms with Crippen molar-refractivity contribution in [2.45, 2.75) is 38.9 Å². The standard InChI is InChI=1S/C21H24FN7/c1-12-9-13(2)29(28-12)18-10-17(23-11-24-18)25-21-19(14-3-4-14)20(26-27-21)15-5-7-16(22)8-6-15/h5-11,14,19-21,26-27H,3-4H2,1-2H3,(H,23,24,25). The van der Waals surface area contributed by atoms with Gasteiger partial charge in [-0.1, -0.05) is 12.1 Å². The van der Waals surface area contributed by atoms with Crippen LogP contribution in [0.25, 0.3) is 5.82 Å². The van der Waals surface area contributed by atoms with E-state index in [1.54, 1.807) is 6.33 Å². The number of nitrogens with one attached hydrogen (secondary N) is 3. The molecular weight excluding hydrogens is 369 g/mol. The molecule has 0 radical (unpaired) electrons. The smallest absolute Gasteiger partial charge is 0.159 e. The van der Waals surface area contributed by atoms with Crippen LogP contribution in [0.15, 0.2) is 42.7 Å². The molecule has 2 aliphatic rings. The maximum Gasteiger partial charge on any atom is 0.159 e. The maximum absolute atomic E-state index is 13.3. The molecule has 2 aromatic heterocycles. The van der Waals surface area contributed by atoms with Gasteiger partial charge in [-0.25, -0.2) is 29.9 Å². The number of hydrazine groups is 1. The summed E-state index contributed by atoms with van der Waals surface area (Å²) in [7, 11) is 0. The van der Waals surface area contributed by atoms with Crippen molar-refractivity contribution in [3.8, 4) is 5.82 Å². The molecule has 7 nitrogen and oxygen atoms in total. The summed E-state index contributed by atoms with van der Waals surface area (Å²) in [6, 6.07) is 10.8. The van der Waals surface area contributed by atoms with Crippen molar-refractivity contribution >= 4 is 5.82 Å². The highest BCUT2D eigenvalue weighted by atomic mass is 19.1. The van der Waals surface area contributed by atoms with E-state index in [0.29, 0.717) is 11.8 Å². The molecule has 5 rings (SSSR count). The average Bonchev–Trinajstić information content (AvgIpc) is 3.38. The quantitative estimate of drug-likeness (QED) is 0.618. The third kappa shape index (κ3) is 3.61. The van der Waals surface area contributed by atoms with Crippen molar-refractivity contribution in [3.63, 3.8) is 0 Å². The summed E-state index contributed by atoms with van der Waals surface area (Å²) in [6.07, 6.45) is 4.00. The minimum Gasteiger partial charge on any atom is -0.353 e. The Kier molecular flexibility index (Phi) is 4.52. The summed E-state index contributed by atoms with van der Waals surface area (Å²) < 4.78 is 15.2. The van der Waals surface area contributed by atoms with Crippen LogP contribution < -0.4 is 16.2 Å². The lowest BCUT2D eigenvalue weighted by atomic mass is 9.88. The first-order valence-corrected chi connectivity index (χ1v) is 9.97. The minimum absolute atomic E-state index is 0.0146. The number of benzene rings is 1. The van der Waals surface area contributed by atoms with E-state index in [2.05, 4.69) is 31.2 Å². The molecule has 150 valence electrons. The topological polar surface area (TPSA) is 79.7 Å². The zero-order valence-electron chi connectivity index (χ0n) is 16.4. The van der Waals surface area contributed by atoms with E-state index in [4.69, 9.17) is 0 Å². The van der Waals surface area contributed by atoms with E-state index in [-0.39, 0.29) is 18.0 Å². The zero-order chi connectivity index (χ0) is 20.0. The largest absolute Gasteiger partial charge is 0.353 e. The van der Waals surface area contributed by atoms with Crippen molar-refractivity contribution in [2.24, 2.45) is 11.8 Å². The van der Waals surface area contributed by atoms with Gasteiger partial charge in [-0.15, -0.1) is 0 Å². The van der Waals surface area contributed by atoms with Crippen LogP contribution in [-0.4, -0.2) is 25.9 Å². The van der Waals surface area contributed by atoms with Gasteiger partial charge in [0, 0.05) is 17.7 Å². The van der Waals surface area contributed by atoms with Gasteiger partial charge in [0.2, 0.25) is 0 Å². The van der Waals surface area contributed by atoms with Crippen LogP contribution in [0, 0.1) is 31.5 Å². The molecule has 3 N–H and O–H groups in total. The second-order valence-electron chi connectivity index (χ2n) is 7.96. The Morgan fingerprint density at radius 3 is 2.55 bits per heavy atom. The Morgan fingerprint density at radius 1 is 1.07 bits per heavy atom. The third-order valence-corrected chi connectivity index (χ3v) is 5.74. The van der Waals surface area contributed by atoms with E-state index in [1.165, 1.54) is 25.0 Å². The van der Waals surface area contributed by atoms with Crippen molar-refractivity contribution < 1.29 is 4.39 Å². The molecule has 1 aliphatic carbocycles. The molecule has 0 bridgehead atoms. The van der Waals surface area contributed by atoms with Crippen LogP contribution in [0.3, 0.4) is 0 Å². The van der Waals surface area contributed by atoms with Gasteiger partial charge >= 0.3 is 0 Å². The van der Waals surface area contributed by atoms with Crippen molar-refractivity contribution in [3.05, 3.63) is 65.5 Å². The molecule has 1 aliphatic heterocycles. The first-order valence-electron chi connectivity index (χ1n) is 9.97. The third-order valence-electron chi connectivity index (χ3n) is 5.74. The van der Waals surface area contributed by atoms with Gasteiger partial charge < -0.3 is 5.32 Å². The van der Waals surface area contributed by atoms with Crippen molar-refractivity contribution in [2.75, 3.05) is 5.32 Å². The van der Waals surface area contributed by atoms with Crippen molar-refractivity contribution in [1.29, 1.82) is 0 Å². The highest BCUT2D eigenvalue weighted by Crippen LogP contribution is 2.46. The second kappa shape index (κ2) is 7.20. The van der Waals surface area contributed by atoms with Gasteiger partial charge in [0.15, 0.2) is 5.82 Å². The Hall–Kier alpha value is -2.84. The molecule has 1 saturated carbocycles. The number of anilines is 1. The predicted molar refractivity (Wildman–Crippen MR) is 108 cm³/mol. The summed E-state index contributed by atoms with van der Waals surface area (Å²) in [5.41, 5.74) is 9.84. The lowest BCUT2D eigenvalue weighted by Crippen LogP contribution is -2.39. The van der Waals surface area contributed by atoms with E-state index < -0.39 is 0 Å². The van der Waals surface area contributed by atoms with E-state index in [1.807, 2.05) is 42.8 Å². The maximum atomic E-state index is 13.3. The van der Waals surface area contributed by atoms with E-state index in [9.17, 15) is 4.39 Å². The Morgan fingerprint density at radius 2 is 1.86 bits per heavy atom. The monoisotopic (exact) mass is 393 g/mol. The molecule has 1 saturated heterocycles. The van der Waals surface area contributed by atoms with Crippen LogP contribution in [0.4, 0.5) is 10.2 Å². The number of rotatable bonds is 5. The van der Waals surface area contributed by atoms with Gasteiger partial charge in [0.1, 0.15) is 18.0 Å². The first-order chi connectivity index (χ1) is 14.1. The number of hydrogen-bond donors (Lipinski definition) is 3. The van der Waals surface area contributed by atoms with E-state index >= 15 is 0 Å². The van der Waals surface area contributed by atoms with Gasteiger partial charge in [0.25, 0.3) is 0 Å². The summed E-state index contributed by atoms with van der Waals surface area (Å²) in [4.78, 5) is 8.78. The fraction of sp³-hybridized carbons (Fsp3) is 0.381. The van der Waals surface area contributed by atoms with Crippen LogP contribution in [0.1, 0.15) is 35.8 Å². The minimum atomic E-state index is -0.213. The van der Waals surface area contributed by atoms with Crippen LogP contribution >= 0.6 is 0 Å². The van der Waals surface area contributed by atoms with Crippen LogP contribution in [0.5, 0.6) is 0 Å². The number of halogens is 1. The van der Waals surface area contributed by atoms with Gasteiger partial charge in [-0.05, 0) is 56.4 Å². The molecule has 0 amide bonds. The molecule has 3 aromatic rings. The molecule has 3 heterocycles. The first kappa shape index (κ1) is 18.2. The lowest BCUT2D eigenvalue weighted by Gasteiger charge is -2.24. The molecule has 1 aromatic carbocycles. The molecule has 3 unspecified atom stereocenters. The van der Waals surface area contributed by atoms with E-state index in [0.717, 1.165) is 28.6 Å². The molecular formula is C21H24FN7. The summed E-state index contributed by atoms with van der Waals surface area (Å²) in [5.74, 6) is 2.23. The Bertz CT molecular complexity index is 1010. The van der Waals surface area contributed by atoms with Gasteiger partial charge in [0.05, 0.1) is 17.9 Å². The molecule has 8 heteroatoms. The predicted octanol–water partition coefficient (Wildman–Crippen LogP) is 3.03. The Labute approximate surface area is 168 Å². The van der Waals surface area contributed by atoms with Gasteiger partial charge in [-0.2, -0.15) is 5.10 Å². The highest BCUT2D eigenvalue weighted by Gasteiger charge is 2.46. The highest BCUT2D eigenvalue weighted by molar-refractivity contribution is 5.42. The summed E-state index contributed by atoms with van der Waals surface area (Å²) in [6.45, 7) is 3.97. The number of aryl methyl sites for hydroxylation is 2. The molecule has 2 fully saturated rings. The number of aromatic nitrogens is 4. The summed E-state index contributed by atoms with van der Waals surface area (Å²) >= 11 is 0. The molecule has 0 spiro atoms. The van der Waals surface area contributed by atoms with Gasteiger partial charge in [-0.3, -0.25) is 0 Å². The average molecular weight is 393 g/mol. The number of nitrogens with zero attached hydrogens (tertiary/aromatic N) is 4. The number of hydrogen-bond acceptors (Lipinski definition) is 6. The zero-order valence-corrected chi connectivity index (χ0v) is 16.4. The fourth-order valence-corrected chi connectivity index (χ4v) is 4.26.